The summed E-state index contributed by atoms with van der Waals surface area (Å²) in [6.07, 6.45) is 3.96. The van der Waals surface area contributed by atoms with Gasteiger partial charge in [-0.15, -0.1) is 0 Å². The first-order chi connectivity index (χ1) is 17.6. The molecule has 5 rings (SSSR count). The zero-order valence-corrected chi connectivity index (χ0v) is 20.5. The molecule has 1 aliphatic rings. The molecule has 36 heavy (non-hydrogen) atoms. The van der Waals surface area contributed by atoms with Gasteiger partial charge in [0.25, 0.3) is 0 Å². The second kappa shape index (κ2) is 10.5. The summed E-state index contributed by atoms with van der Waals surface area (Å²) in [7, 11) is 3.30. The number of carbonyl (C=O) groups is 1. The lowest BCUT2D eigenvalue weighted by molar-refractivity contribution is -0.130. The molecule has 4 aromatic rings. The number of carbonyl (C=O) groups excluding carboxylic acids is 1. The van der Waals surface area contributed by atoms with E-state index in [0.29, 0.717) is 18.9 Å². The fraction of sp³-hybridized carbons (Fsp3) is 0.250. The molecule has 3 heterocycles. The summed E-state index contributed by atoms with van der Waals surface area (Å²) in [4.78, 5) is 26.7. The lowest BCUT2D eigenvalue weighted by atomic mass is 10.1. The fourth-order valence-corrected chi connectivity index (χ4v) is 4.39. The Morgan fingerprint density at radius 1 is 0.889 bits per heavy atom. The topological polar surface area (TPSA) is 72.7 Å². The number of nitrogens with zero attached hydrogens (tertiary/aromatic N) is 5. The van der Waals surface area contributed by atoms with E-state index in [1.165, 1.54) is 0 Å². The van der Waals surface area contributed by atoms with Crippen LogP contribution < -0.4 is 14.4 Å². The Kier molecular flexibility index (Phi) is 6.84. The Morgan fingerprint density at radius 3 is 2.31 bits per heavy atom. The van der Waals surface area contributed by atoms with E-state index in [9.17, 15) is 4.79 Å². The lowest BCUT2D eigenvalue weighted by Gasteiger charge is -2.35. The Labute approximate surface area is 210 Å². The number of para-hydroxylation sites is 1. The average Bonchev–Trinajstić information content (AvgIpc) is 3.37. The van der Waals surface area contributed by atoms with E-state index in [0.717, 1.165) is 47.4 Å². The third-order valence-electron chi connectivity index (χ3n) is 6.42. The van der Waals surface area contributed by atoms with E-state index in [-0.39, 0.29) is 12.3 Å². The van der Waals surface area contributed by atoms with Crippen molar-refractivity contribution in [1.29, 1.82) is 0 Å². The van der Waals surface area contributed by atoms with Gasteiger partial charge < -0.3 is 23.8 Å². The van der Waals surface area contributed by atoms with E-state index >= 15 is 0 Å². The standard InChI is InChI=1S/C28H29N5O3/c1-35-23-10-8-21(9-11-23)25-20-33(22-6-4-3-5-7-22)27(30-25)19-28(34)32-16-14-31(15-17-32)26-18-24(36-2)12-13-29-26/h3-13,18,20H,14-17,19H2,1-2H3. The van der Waals surface area contributed by atoms with Gasteiger partial charge in [0.1, 0.15) is 23.1 Å². The number of ether oxygens (including phenoxy) is 2. The smallest absolute Gasteiger partial charge is 0.230 e. The predicted octanol–water partition coefficient (Wildman–Crippen LogP) is 3.84. The molecule has 0 atom stereocenters. The summed E-state index contributed by atoms with van der Waals surface area (Å²) in [6.45, 7) is 2.70. The molecule has 0 spiro atoms. The SMILES string of the molecule is COc1ccc(-c2cn(-c3ccccc3)c(CC(=O)N3CCN(c4cc(OC)ccn4)CC3)n2)cc1. The van der Waals surface area contributed by atoms with E-state index in [1.807, 2.05) is 82.4 Å². The van der Waals surface area contributed by atoms with Crippen LogP contribution in [0.2, 0.25) is 0 Å². The van der Waals surface area contributed by atoms with Gasteiger partial charge in [-0.05, 0) is 42.5 Å². The third kappa shape index (κ3) is 5.02. The average molecular weight is 484 g/mol. The Bertz CT molecular complexity index is 1310. The molecule has 184 valence electrons. The maximum Gasteiger partial charge on any atom is 0.230 e. The Hall–Kier alpha value is -4.33. The highest BCUT2D eigenvalue weighted by Crippen LogP contribution is 2.25. The van der Waals surface area contributed by atoms with Gasteiger partial charge >= 0.3 is 0 Å². The zero-order chi connectivity index (χ0) is 24.9. The van der Waals surface area contributed by atoms with Crippen LogP contribution in [-0.4, -0.2) is 65.7 Å². The molecule has 8 nitrogen and oxygen atoms in total. The van der Waals surface area contributed by atoms with E-state index in [2.05, 4.69) is 9.88 Å². The highest BCUT2D eigenvalue weighted by Gasteiger charge is 2.24. The first kappa shape index (κ1) is 23.4. The zero-order valence-electron chi connectivity index (χ0n) is 20.5. The summed E-state index contributed by atoms with van der Waals surface area (Å²) < 4.78 is 12.6. The molecule has 0 unspecified atom stereocenters. The summed E-state index contributed by atoms with van der Waals surface area (Å²) in [5.41, 5.74) is 2.76. The number of hydrogen-bond donors (Lipinski definition) is 0. The highest BCUT2D eigenvalue weighted by molar-refractivity contribution is 5.79. The normalized spacial score (nSPS) is 13.5. The van der Waals surface area contributed by atoms with Crippen molar-refractivity contribution in [1.82, 2.24) is 19.4 Å². The third-order valence-corrected chi connectivity index (χ3v) is 6.42. The molecule has 2 aromatic carbocycles. The fourth-order valence-electron chi connectivity index (χ4n) is 4.39. The van der Waals surface area contributed by atoms with Crippen LogP contribution in [0.1, 0.15) is 5.82 Å². The van der Waals surface area contributed by atoms with Gasteiger partial charge in [-0.1, -0.05) is 18.2 Å². The number of rotatable bonds is 7. The predicted molar refractivity (Wildman–Crippen MR) is 139 cm³/mol. The van der Waals surface area contributed by atoms with Gasteiger partial charge in [-0.3, -0.25) is 4.79 Å². The number of methoxy groups -OCH3 is 2. The van der Waals surface area contributed by atoms with Crippen molar-refractivity contribution in [2.45, 2.75) is 6.42 Å². The number of hydrogen-bond acceptors (Lipinski definition) is 6. The summed E-state index contributed by atoms with van der Waals surface area (Å²) in [5, 5.41) is 0. The van der Waals surface area contributed by atoms with Crippen molar-refractivity contribution in [2.24, 2.45) is 0 Å². The van der Waals surface area contributed by atoms with Gasteiger partial charge in [0.05, 0.1) is 26.3 Å². The highest BCUT2D eigenvalue weighted by atomic mass is 16.5. The van der Waals surface area contributed by atoms with Crippen LogP contribution in [0.3, 0.4) is 0 Å². The molecule has 1 saturated heterocycles. The molecule has 1 aliphatic heterocycles. The van der Waals surface area contributed by atoms with Crippen molar-refractivity contribution < 1.29 is 14.3 Å². The van der Waals surface area contributed by atoms with Gasteiger partial charge in [-0.25, -0.2) is 9.97 Å². The monoisotopic (exact) mass is 483 g/mol. The molecule has 0 saturated carbocycles. The van der Waals surface area contributed by atoms with Crippen LogP contribution in [0.15, 0.2) is 79.1 Å². The molecule has 0 aliphatic carbocycles. The molecule has 0 bridgehead atoms. The first-order valence-corrected chi connectivity index (χ1v) is 12.0. The van der Waals surface area contributed by atoms with E-state index in [4.69, 9.17) is 14.5 Å². The van der Waals surface area contributed by atoms with Crippen molar-refractivity contribution in [3.63, 3.8) is 0 Å². The van der Waals surface area contributed by atoms with Crippen LogP contribution in [-0.2, 0) is 11.2 Å². The van der Waals surface area contributed by atoms with Gasteiger partial charge in [-0.2, -0.15) is 0 Å². The van der Waals surface area contributed by atoms with Crippen molar-refractivity contribution in [2.75, 3.05) is 45.3 Å². The van der Waals surface area contributed by atoms with Gasteiger partial charge in [0.2, 0.25) is 5.91 Å². The molecule has 1 fully saturated rings. The summed E-state index contributed by atoms with van der Waals surface area (Å²) in [5.74, 6) is 3.22. The maximum absolute atomic E-state index is 13.3. The molecule has 2 aromatic heterocycles. The number of pyridine rings is 1. The van der Waals surface area contributed by atoms with Crippen LogP contribution in [0, 0.1) is 0 Å². The summed E-state index contributed by atoms with van der Waals surface area (Å²) >= 11 is 0. The molecule has 0 radical (unpaired) electrons. The molecular formula is C28H29N5O3. The minimum Gasteiger partial charge on any atom is -0.497 e. The van der Waals surface area contributed by atoms with Crippen LogP contribution >= 0.6 is 0 Å². The maximum atomic E-state index is 13.3. The lowest BCUT2D eigenvalue weighted by Crippen LogP contribution is -2.49. The number of aromatic nitrogens is 3. The van der Waals surface area contributed by atoms with E-state index < -0.39 is 0 Å². The molecule has 1 amide bonds. The van der Waals surface area contributed by atoms with Crippen LogP contribution in [0.4, 0.5) is 5.82 Å². The van der Waals surface area contributed by atoms with Gasteiger partial charge in [0.15, 0.2) is 0 Å². The second-order valence-electron chi connectivity index (χ2n) is 8.57. The quantitative estimate of drug-likeness (QED) is 0.398. The number of benzene rings is 2. The first-order valence-electron chi connectivity index (χ1n) is 12.0. The van der Waals surface area contributed by atoms with E-state index in [1.54, 1.807) is 20.4 Å². The minimum absolute atomic E-state index is 0.0670. The molecular weight excluding hydrogens is 454 g/mol. The number of anilines is 1. The van der Waals surface area contributed by atoms with Gasteiger partial charge in [0, 0.05) is 55.9 Å². The molecule has 0 N–H and O–H groups in total. The Balaban J connectivity index is 1.33. The molecule has 8 heteroatoms. The van der Waals surface area contributed by atoms with Crippen molar-refractivity contribution in [3.05, 3.63) is 84.9 Å². The number of piperazine rings is 1. The number of amides is 1. The Morgan fingerprint density at radius 2 is 1.61 bits per heavy atom. The largest absolute Gasteiger partial charge is 0.497 e. The summed E-state index contributed by atoms with van der Waals surface area (Å²) in [6, 6.07) is 21.5. The van der Waals surface area contributed by atoms with Crippen molar-refractivity contribution in [3.8, 4) is 28.4 Å². The van der Waals surface area contributed by atoms with Crippen molar-refractivity contribution >= 4 is 11.7 Å². The van der Waals surface area contributed by atoms with Crippen LogP contribution in [0.25, 0.3) is 16.9 Å². The minimum atomic E-state index is 0.0670. The second-order valence-corrected chi connectivity index (χ2v) is 8.57. The number of imidazole rings is 1. The van der Waals surface area contributed by atoms with Crippen LogP contribution in [0.5, 0.6) is 11.5 Å².